The van der Waals surface area contributed by atoms with Crippen LogP contribution in [0.3, 0.4) is 0 Å². The van der Waals surface area contributed by atoms with Crippen LogP contribution in [0.4, 0.5) is 11.4 Å². The predicted molar refractivity (Wildman–Crippen MR) is 131 cm³/mol. The van der Waals surface area contributed by atoms with Crippen LogP contribution < -0.4 is 10.2 Å². The minimum atomic E-state index is -3.90. The number of amides is 1. The molecule has 2 aliphatic rings. The van der Waals surface area contributed by atoms with Crippen LogP contribution in [0, 0.1) is 6.92 Å². The number of benzene rings is 2. The highest BCUT2D eigenvalue weighted by atomic mass is 32.2. The Morgan fingerprint density at radius 1 is 1.24 bits per heavy atom. The summed E-state index contributed by atoms with van der Waals surface area (Å²) in [4.78, 5) is 15.2. The number of nitrogens with one attached hydrogen (secondary N) is 2. The van der Waals surface area contributed by atoms with E-state index in [2.05, 4.69) is 26.5 Å². The molecule has 0 bridgehead atoms. The number of fused-ring (bicyclic) bond motifs is 1. The largest absolute Gasteiger partial charge is 0.378 e. The summed E-state index contributed by atoms with van der Waals surface area (Å²) in [6.07, 6.45) is 3.88. The molecule has 1 saturated carbocycles. The van der Waals surface area contributed by atoms with Gasteiger partial charge in [-0.25, -0.2) is 8.42 Å². The van der Waals surface area contributed by atoms with Crippen LogP contribution >= 0.6 is 0 Å². The molecule has 180 valence electrons. The minimum Gasteiger partial charge on any atom is -0.378 e. The van der Waals surface area contributed by atoms with E-state index in [1.54, 1.807) is 12.3 Å². The smallest absolute Gasteiger partial charge is 0.245 e. The Labute approximate surface area is 199 Å². The highest BCUT2D eigenvalue weighted by Crippen LogP contribution is 2.45. The van der Waals surface area contributed by atoms with E-state index in [-0.39, 0.29) is 17.3 Å². The fraction of sp³-hybridized carbons (Fsp3) is 0.417. The zero-order valence-electron chi connectivity index (χ0n) is 19.4. The van der Waals surface area contributed by atoms with Gasteiger partial charge in [-0.3, -0.25) is 9.89 Å². The van der Waals surface area contributed by atoms with Gasteiger partial charge in [0, 0.05) is 36.9 Å². The van der Waals surface area contributed by atoms with Crippen LogP contribution in [-0.4, -0.2) is 68.7 Å². The number of H-pyrrole nitrogens is 1. The molecule has 1 saturated heterocycles. The molecule has 1 aliphatic heterocycles. The molecule has 1 aliphatic carbocycles. The van der Waals surface area contributed by atoms with Gasteiger partial charge in [0.2, 0.25) is 15.9 Å². The van der Waals surface area contributed by atoms with Crippen molar-refractivity contribution in [1.82, 2.24) is 14.5 Å². The molecule has 5 rings (SSSR count). The van der Waals surface area contributed by atoms with Crippen molar-refractivity contribution in [2.45, 2.75) is 30.6 Å². The first-order valence-corrected chi connectivity index (χ1v) is 12.9. The molecule has 2 heterocycles. The Bertz CT molecular complexity index is 1330. The molecular weight excluding hydrogens is 454 g/mol. The highest BCUT2D eigenvalue weighted by molar-refractivity contribution is 7.89. The van der Waals surface area contributed by atoms with Crippen LogP contribution in [0.15, 0.2) is 41.4 Å². The van der Waals surface area contributed by atoms with Crippen LogP contribution in [0.2, 0.25) is 0 Å². The number of aromatic nitrogens is 2. The number of likely N-dealkylation sites (N-methyl/N-ethyl adjacent to an activating group) is 1. The highest BCUT2D eigenvalue weighted by Gasteiger charge is 2.29. The van der Waals surface area contributed by atoms with Crippen LogP contribution in [-0.2, 0) is 19.6 Å². The minimum absolute atomic E-state index is 0.112. The molecule has 0 radical (unpaired) electrons. The van der Waals surface area contributed by atoms with Gasteiger partial charge in [0.1, 0.15) is 4.90 Å². The maximum Gasteiger partial charge on any atom is 0.245 e. The summed E-state index contributed by atoms with van der Waals surface area (Å²) in [5.41, 5.74) is 4.36. The number of hydrogen-bond donors (Lipinski definition) is 2. The van der Waals surface area contributed by atoms with Gasteiger partial charge in [0.05, 0.1) is 31.5 Å². The normalized spacial score (nSPS) is 16.9. The molecule has 34 heavy (non-hydrogen) atoms. The molecule has 0 unspecified atom stereocenters. The topological polar surface area (TPSA) is 108 Å². The van der Waals surface area contributed by atoms with Gasteiger partial charge in [0.25, 0.3) is 0 Å². The third-order valence-corrected chi connectivity index (χ3v) is 8.22. The average molecular weight is 484 g/mol. The van der Waals surface area contributed by atoms with Gasteiger partial charge < -0.3 is 15.0 Å². The number of hydrogen-bond acceptors (Lipinski definition) is 6. The number of sulfonamides is 1. The number of anilines is 2. The quantitative estimate of drug-likeness (QED) is 0.535. The molecule has 0 spiro atoms. The third-order valence-electron chi connectivity index (χ3n) is 6.39. The number of ether oxygens (including phenoxy) is 1. The molecule has 9 nitrogen and oxygen atoms in total. The van der Waals surface area contributed by atoms with Crippen molar-refractivity contribution in [1.29, 1.82) is 0 Å². The molecular formula is C24H29N5O4S. The zero-order valence-corrected chi connectivity index (χ0v) is 20.2. The second-order valence-electron chi connectivity index (χ2n) is 9.05. The lowest BCUT2D eigenvalue weighted by molar-refractivity contribution is -0.116. The predicted octanol–water partition coefficient (Wildman–Crippen LogP) is 2.84. The standard InChI is InChI=1S/C24H29N5O4S/c1-16-11-18-14-25-27-24(18)22(12-16)34(31,32)28(2)15-23(30)26-19-5-6-21(20(13-19)17-3-4-17)29-7-9-33-10-8-29/h5-6,11-14,17H,3-4,7-10,15H2,1-2H3,(H,25,27)(H,26,30). The van der Waals surface area contributed by atoms with Crippen molar-refractivity contribution in [3.8, 4) is 0 Å². The SMILES string of the molecule is Cc1cc(S(=O)(=O)N(C)CC(=O)Nc2ccc(N3CCOCC3)c(C3CC3)c2)c2[nH]ncc2c1. The van der Waals surface area contributed by atoms with E-state index in [0.29, 0.717) is 22.5 Å². The van der Waals surface area contributed by atoms with Crippen molar-refractivity contribution in [3.05, 3.63) is 47.7 Å². The van der Waals surface area contributed by atoms with E-state index in [1.807, 2.05) is 25.1 Å². The lowest BCUT2D eigenvalue weighted by Gasteiger charge is -2.31. The maximum absolute atomic E-state index is 13.2. The van der Waals surface area contributed by atoms with E-state index in [9.17, 15) is 13.2 Å². The number of morpholine rings is 1. The molecule has 2 N–H and O–H groups in total. The lowest BCUT2D eigenvalue weighted by atomic mass is 10.1. The van der Waals surface area contributed by atoms with E-state index >= 15 is 0 Å². The summed E-state index contributed by atoms with van der Waals surface area (Å²) in [6, 6.07) is 9.43. The third kappa shape index (κ3) is 4.53. The summed E-state index contributed by atoms with van der Waals surface area (Å²) in [5, 5.41) is 10.3. The number of rotatable bonds is 7. The van der Waals surface area contributed by atoms with E-state index < -0.39 is 10.0 Å². The summed E-state index contributed by atoms with van der Waals surface area (Å²) in [7, 11) is -2.48. The first kappa shape index (κ1) is 22.8. The Morgan fingerprint density at radius 3 is 2.74 bits per heavy atom. The van der Waals surface area contributed by atoms with Crippen molar-refractivity contribution >= 4 is 38.2 Å². The zero-order chi connectivity index (χ0) is 23.9. The lowest BCUT2D eigenvalue weighted by Crippen LogP contribution is -2.37. The van der Waals surface area contributed by atoms with Crippen molar-refractivity contribution in [2.24, 2.45) is 0 Å². The number of aryl methyl sites for hydroxylation is 1. The molecule has 10 heteroatoms. The molecule has 2 aromatic carbocycles. The number of nitrogens with zero attached hydrogens (tertiary/aromatic N) is 3. The second-order valence-corrected chi connectivity index (χ2v) is 11.1. The average Bonchev–Trinajstić information content (AvgIpc) is 3.56. The van der Waals surface area contributed by atoms with Crippen LogP contribution in [0.5, 0.6) is 0 Å². The fourth-order valence-electron chi connectivity index (χ4n) is 4.47. The first-order valence-electron chi connectivity index (χ1n) is 11.5. The van der Waals surface area contributed by atoms with Crippen molar-refractivity contribution < 1.29 is 17.9 Å². The van der Waals surface area contributed by atoms with E-state index in [4.69, 9.17) is 4.74 Å². The van der Waals surface area contributed by atoms with E-state index in [1.165, 1.54) is 18.3 Å². The fourth-order valence-corrected chi connectivity index (χ4v) is 5.85. The number of aromatic amines is 1. The Morgan fingerprint density at radius 2 is 2.00 bits per heavy atom. The van der Waals surface area contributed by atoms with Crippen molar-refractivity contribution in [2.75, 3.05) is 50.1 Å². The molecule has 1 aromatic heterocycles. The summed E-state index contributed by atoms with van der Waals surface area (Å²) >= 11 is 0. The van der Waals surface area contributed by atoms with Crippen LogP contribution in [0.25, 0.3) is 10.9 Å². The van der Waals surface area contributed by atoms with Gasteiger partial charge >= 0.3 is 0 Å². The maximum atomic E-state index is 13.2. The molecule has 1 amide bonds. The second kappa shape index (κ2) is 9.01. The Kier molecular flexibility index (Phi) is 6.05. The Hall–Kier alpha value is -2.95. The van der Waals surface area contributed by atoms with Gasteiger partial charge in [-0.15, -0.1) is 0 Å². The van der Waals surface area contributed by atoms with Crippen molar-refractivity contribution in [3.63, 3.8) is 0 Å². The first-order chi connectivity index (χ1) is 16.3. The summed E-state index contributed by atoms with van der Waals surface area (Å²) in [6.45, 7) is 4.68. The summed E-state index contributed by atoms with van der Waals surface area (Å²) < 4.78 is 33.0. The van der Waals surface area contributed by atoms with Gasteiger partial charge in [-0.1, -0.05) is 0 Å². The van der Waals surface area contributed by atoms with Gasteiger partial charge in [0.15, 0.2) is 0 Å². The van der Waals surface area contributed by atoms with Gasteiger partial charge in [-0.05, 0) is 67.1 Å². The molecule has 2 fully saturated rings. The van der Waals surface area contributed by atoms with Gasteiger partial charge in [-0.2, -0.15) is 9.40 Å². The molecule has 3 aromatic rings. The van der Waals surface area contributed by atoms with Crippen LogP contribution in [0.1, 0.15) is 29.9 Å². The molecule has 0 atom stereocenters. The number of carbonyl (C=O) groups is 1. The Balaban J connectivity index is 1.32. The van der Waals surface area contributed by atoms with E-state index in [0.717, 1.165) is 49.0 Å². The monoisotopic (exact) mass is 483 g/mol. The summed E-state index contributed by atoms with van der Waals surface area (Å²) in [5.74, 6) is 0.122. The number of carbonyl (C=O) groups excluding carboxylic acids is 1.